The number of hydrogen-bond acceptors (Lipinski definition) is 2. The zero-order valence-electron chi connectivity index (χ0n) is 11.8. The Labute approximate surface area is 128 Å². The first-order chi connectivity index (χ1) is 9.72. The molecule has 0 spiro atoms. The van der Waals surface area contributed by atoms with E-state index in [2.05, 4.69) is 31.9 Å². The standard InChI is InChI=1S/C15H22BrN3O/c16-14-10-12-11-19(9-4-13(12)17-14)15(20)5-8-18-6-2-1-3-7-18/h10,17H,1-9,11H2. The Hall–Kier alpha value is -0.810. The Kier molecular flexibility index (Phi) is 4.46. The molecule has 3 heterocycles. The van der Waals surface area contributed by atoms with Crippen molar-refractivity contribution in [1.82, 2.24) is 14.8 Å². The van der Waals surface area contributed by atoms with Gasteiger partial charge >= 0.3 is 0 Å². The SMILES string of the molecule is O=C(CCN1CCCCC1)N1CCc2[nH]c(Br)cc2C1. The first kappa shape index (κ1) is 14.1. The van der Waals surface area contributed by atoms with E-state index >= 15 is 0 Å². The number of nitrogens with zero attached hydrogens (tertiary/aromatic N) is 2. The molecule has 1 aromatic rings. The second kappa shape index (κ2) is 6.31. The molecule has 1 saturated heterocycles. The van der Waals surface area contributed by atoms with Gasteiger partial charge in [-0.05, 0) is 53.5 Å². The molecule has 20 heavy (non-hydrogen) atoms. The summed E-state index contributed by atoms with van der Waals surface area (Å²) in [6.07, 6.45) is 5.54. The molecule has 0 radical (unpaired) electrons. The maximum Gasteiger partial charge on any atom is 0.224 e. The minimum absolute atomic E-state index is 0.304. The molecule has 1 aromatic heterocycles. The van der Waals surface area contributed by atoms with Crippen molar-refractivity contribution in [3.05, 3.63) is 21.9 Å². The monoisotopic (exact) mass is 339 g/mol. The van der Waals surface area contributed by atoms with Crippen molar-refractivity contribution in [3.8, 4) is 0 Å². The van der Waals surface area contributed by atoms with Crippen LogP contribution in [0.3, 0.4) is 0 Å². The number of hydrogen-bond donors (Lipinski definition) is 1. The maximum absolute atomic E-state index is 12.3. The molecule has 3 rings (SSSR count). The smallest absolute Gasteiger partial charge is 0.224 e. The number of aromatic amines is 1. The fourth-order valence-corrected chi connectivity index (χ4v) is 3.72. The molecule has 1 N–H and O–H groups in total. The molecule has 2 aliphatic heterocycles. The van der Waals surface area contributed by atoms with Crippen molar-refractivity contribution >= 4 is 21.8 Å². The van der Waals surface area contributed by atoms with Crippen molar-refractivity contribution in [2.24, 2.45) is 0 Å². The number of likely N-dealkylation sites (tertiary alicyclic amines) is 1. The normalized spacial score (nSPS) is 19.9. The summed E-state index contributed by atoms with van der Waals surface area (Å²) in [5.41, 5.74) is 2.53. The number of amides is 1. The van der Waals surface area contributed by atoms with E-state index in [0.29, 0.717) is 12.3 Å². The van der Waals surface area contributed by atoms with Crippen molar-refractivity contribution in [2.75, 3.05) is 26.2 Å². The predicted octanol–water partition coefficient (Wildman–Crippen LogP) is 2.54. The van der Waals surface area contributed by atoms with Gasteiger partial charge in [0.05, 0.1) is 4.60 Å². The van der Waals surface area contributed by atoms with E-state index in [-0.39, 0.29) is 0 Å². The van der Waals surface area contributed by atoms with E-state index < -0.39 is 0 Å². The highest BCUT2D eigenvalue weighted by Crippen LogP contribution is 2.23. The molecule has 5 heteroatoms. The van der Waals surface area contributed by atoms with E-state index in [0.717, 1.165) is 30.7 Å². The van der Waals surface area contributed by atoms with Crippen molar-refractivity contribution in [2.45, 2.75) is 38.6 Å². The Morgan fingerprint density at radius 3 is 2.85 bits per heavy atom. The van der Waals surface area contributed by atoms with Gasteiger partial charge in [-0.1, -0.05) is 6.42 Å². The van der Waals surface area contributed by atoms with Crippen molar-refractivity contribution in [1.29, 1.82) is 0 Å². The molecule has 4 nitrogen and oxygen atoms in total. The number of carbonyl (C=O) groups excluding carboxylic acids is 1. The lowest BCUT2D eigenvalue weighted by Crippen LogP contribution is -2.38. The molecule has 0 atom stereocenters. The van der Waals surface area contributed by atoms with Crippen LogP contribution in [0.5, 0.6) is 0 Å². The van der Waals surface area contributed by atoms with Crippen LogP contribution >= 0.6 is 15.9 Å². The van der Waals surface area contributed by atoms with Crippen LogP contribution in [0.4, 0.5) is 0 Å². The number of nitrogens with one attached hydrogen (secondary N) is 1. The third-order valence-corrected chi connectivity index (χ3v) is 4.82. The zero-order chi connectivity index (χ0) is 13.9. The summed E-state index contributed by atoms with van der Waals surface area (Å²) in [6, 6.07) is 2.10. The van der Waals surface area contributed by atoms with Gasteiger partial charge in [-0.3, -0.25) is 4.79 Å². The van der Waals surface area contributed by atoms with Crippen LogP contribution < -0.4 is 0 Å². The number of halogens is 1. The lowest BCUT2D eigenvalue weighted by Gasteiger charge is -2.30. The quantitative estimate of drug-likeness (QED) is 0.919. The van der Waals surface area contributed by atoms with Crippen LogP contribution in [-0.2, 0) is 17.8 Å². The minimum Gasteiger partial charge on any atom is -0.353 e. The zero-order valence-corrected chi connectivity index (χ0v) is 13.4. The average Bonchev–Trinajstić information content (AvgIpc) is 2.85. The predicted molar refractivity (Wildman–Crippen MR) is 82.5 cm³/mol. The molecule has 1 amide bonds. The largest absolute Gasteiger partial charge is 0.353 e. The third-order valence-electron chi connectivity index (χ3n) is 4.40. The molecule has 0 aliphatic carbocycles. The molecule has 0 saturated carbocycles. The summed E-state index contributed by atoms with van der Waals surface area (Å²) in [4.78, 5) is 20.1. The van der Waals surface area contributed by atoms with Crippen LogP contribution in [-0.4, -0.2) is 46.9 Å². The molecule has 1 fully saturated rings. The van der Waals surface area contributed by atoms with Crippen LogP contribution in [0.1, 0.15) is 36.9 Å². The van der Waals surface area contributed by atoms with Gasteiger partial charge < -0.3 is 14.8 Å². The van der Waals surface area contributed by atoms with Crippen LogP contribution in [0.25, 0.3) is 0 Å². The molecule has 0 unspecified atom stereocenters. The van der Waals surface area contributed by atoms with E-state index in [1.807, 2.05) is 4.90 Å². The second-order valence-corrected chi connectivity index (χ2v) is 6.69. The van der Waals surface area contributed by atoms with Crippen LogP contribution in [0, 0.1) is 0 Å². The Balaban J connectivity index is 1.50. The van der Waals surface area contributed by atoms with Gasteiger partial charge in [-0.2, -0.15) is 0 Å². The number of fused-ring (bicyclic) bond motifs is 1. The highest BCUT2D eigenvalue weighted by molar-refractivity contribution is 9.10. The third kappa shape index (κ3) is 3.26. The molecule has 0 bridgehead atoms. The Bertz CT molecular complexity index is 479. The van der Waals surface area contributed by atoms with E-state index in [1.165, 1.54) is 43.6 Å². The van der Waals surface area contributed by atoms with Gasteiger partial charge in [0, 0.05) is 38.2 Å². The number of carbonyl (C=O) groups is 1. The van der Waals surface area contributed by atoms with Gasteiger partial charge in [0.15, 0.2) is 0 Å². The first-order valence-corrected chi connectivity index (χ1v) is 8.38. The number of H-pyrrole nitrogens is 1. The maximum atomic E-state index is 12.3. The molecular formula is C15H22BrN3O. The Morgan fingerprint density at radius 1 is 1.25 bits per heavy atom. The fourth-order valence-electron chi connectivity index (χ4n) is 3.20. The van der Waals surface area contributed by atoms with Crippen molar-refractivity contribution < 1.29 is 4.79 Å². The topological polar surface area (TPSA) is 39.3 Å². The second-order valence-electron chi connectivity index (χ2n) is 5.84. The fraction of sp³-hybridized carbons (Fsp3) is 0.667. The van der Waals surface area contributed by atoms with E-state index in [4.69, 9.17) is 0 Å². The van der Waals surface area contributed by atoms with Gasteiger partial charge in [-0.25, -0.2) is 0 Å². The van der Waals surface area contributed by atoms with Gasteiger partial charge in [0.1, 0.15) is 0 Å². The minimum atomic E-state index is 0.304. The van der Waals surface area contributed by atoms with Gasteiger partial charge in [-0.15, -0.1) is 0 Å². The van der Waals surface area contributed by atoms with Gasteiger partial charge in [0.2, 0.25) is 5.91 Å². The summed E-state index contributed by atoms with van der Waals surface area (Å²) in [6.45, 7) is 4.87. The number of aromatic nitrogens is 1. The number of piperidine rings is 1. The van der Waals surface area contributed by atoms with Gasteiger partial charge in [0.25, 0.3) is 0 Å². The van der Waals surface area contributed by atoms with E-state index in [9.17, 15) is 4.79 Å². The highest BCUT2D eigenvalue weighted by atomic mass is 79.9. The lowest BCUT2D eigenvalue weighted by atomic mass is 10.1. The summed E-state index contributed by atoms with van der Waals surface area (Å²) in [7, 11) is 0. The molecule has 2 aliphatic rings. The summed E-state index contributed by atoms with van der Waals surface area (Å²) >= 11 is 3.47. The average molecular weight is 340 g/mol. The summed E-state index contributed by atoms with van der Waals surface area (Å²) in [5, 5.41) is 0. The Morgan fingerprint density at radius 2 is 2.05 bits per heavy atom. The lowest BCUT2D eigenvalue weighted by molar-refractivity contribution is -0.132. The molecule has 110 valence electrons. The summed E-state index contributed by atoms with van der Waals surface area (Å²) in [5.74, 6) is 0.304. The van der Waals surface area contributed by atoms with Crippen LogP contribution in [0.15, 0.2) is 10.7 Å². The summed E-state index contributed by atoms with van der Waals surface area (Å²) < 4.78 is 1.02. The first-order valence-electron chi connectivity index (χ1n) is 7.59. The number of rotatable bonds is 3. The molecule has 0 aromatic carbocycles. The van der Waals surface area contributed by atoms with E-state index in [1.54, 1.807) is 0 Å². The van der Waals surface area contributed by atoms with Crippen LogP contribution in [0.2, 0.25) is 0 Å². The highest BCUT2D eigenvalue weighted by Gasteiger charge is 2.22. The molecular weight excluding hydrogens is 318 g/mol. The van der Waals surface area contributed by atoms with Crippen molar-refractivity contribution in [3.63, 3.8) is 0 Å².